The van der Waals surface area contributed by atoms with Crippen molar-refractivity contribution in [2.75, 3.05) is 12.9 Å². The van der Waals surface area contributed by atoms with Crippen LogP contribution in [0.3, 0.4) is 0 Å². The summed E-state index contributed by atoms with van der Waals surface area (Å²) in [5, 5.41) is 9.29. The summed E-state index contributed by atoms with van der Waals surface area (Å²) in [5.41, 5.74) is -0.580. The van der Waals surface area contributed by atoms with E-state index in [1.54, 1.807) is 6.07 Å². The molecule has 4 aromatic rings. The Kier molecular flexibility index (Phi) is 6.59. The van der Waals surface area contributed by atoms with Crippen molar-refractivity contribution in [1.82, 2.24) is 25.1 Å². The summed E-state index contributed by atoms with van der Waals surface area (Å²) >= 11 is 0.920. The van der Waals surface area contributed by atoms with Crippen LogP contribution in [0.1, 0.15) is 11.1 Å². The molecule has 0 fully saturated rings. The van der Waals surface area contributed by atoms with E-state index in [1.807, 2.05) is 18.2 Å². The fraction of sp³-hybridized carbons (Fsp3) is 0.182. The second-order valence-electron chi connectivity index (χ2n) is 7.09. The largest absolute Gasteiger partial charge is 0.496 e. The third kappa shape index (κ3) is 4.91. The Labute approximate surface area is 195 Å². The molecule has 8 nitrogen and oxygen atoms in total. The fourth-order valence-electron chi connectivity index (χ4n) is 3.24. The molecule has 12 heteroatoms. The second-order valence-corrected chi connectivity index (χ2v) is 8.04. The second kappa shape index (κ2) is 9.59. The number of amides is 1. The van der Waals surface area contributed by atoms with E-state index >= 15 is 0 Å². The Morgan fingerprint density at radius 2 is 2.00 bits per heavy atom. The van der Waals surface area contributed by atoms with Crippen LogP contribution in [0.4, 0.5) is 13.2 Å². The molecule has 2 heterocycles. The first-order chi connectivity index (χ1) is 16.3. The average molecular weight is 489 g/mol. The minimum Gasteiger partial charge on any atom is -0.496 e. The van der Waals surface area contributed by atoms with Crippen molar-refractivity contribution in [3.8, 4) is 11.4 Å². The van der Waals surface area contributed by atoms with Crippen LogP contribution >= 0.6 is 11.8 Å². The van der Waals surface area contributed by atoms with Crippen LogP contribution in [0, 0.1) is 0 Å². The highest BCUT2D eigenvalue weighted by Crippen LogP contribution is 2.31. The predicted molar refractivity (Wildman–Crippen MR) is 120 cm³/mol. The van der Waals surface area contributed by atoms with Gasteiger partial charge in [0, 0.05) is 12.1 Å². The number of hydrogen-bond donors (Lipinski definition) is 2. The molecule has 0 unspecified atom stereocenters. The van der Waals surface area contributed by atoms with E-state index in [4.69, 9.17) is 4.74 Å². The Balaban J connectivity index is 1.60. The van der Waals surface area contributed by atoms with Gasteiger partial charge in [-0.25, -0.2) is 4.98 Å². The lowest BCUT2D eigenvalue weighted by molar-refractivity contribution is -0.137. The summed E-state index contributed by atoms with van der Waals surface area (Å²) in [6.45, 7) is 0.219. The van der Waals surface area contributed by atoms with Gasteiger partial charge in [-0.2, -0.15) is 18.3 Å². The van der Waals surface area contributed by atoms with E-state index in [9.17, 15) is 22.8 Å². The third-order valence-corrected chi connectivity index (χ3v) is 5.82. The van der Waals surface area contributed by atoms with E-state index < -0.39 is 17.3 Å². The maximum absolute atomic E-state index is 13.2. The maximum Gasteiger partial charge on any atom is 0.416 e. The van der Waals surface area contributed by atoms with Gasteiger partial charge in [0.05, 0.1) is 30.3 Å². The number of nitrogens with one attached hydrogen (secondary N) is 2. The van der Waals surface area contributed by atoms with Crippen molar-refractivity contribution >= 4 is 28.7 Å². The molecule has 0 spiro atoms. The number of alkyl halides is 3. The standard InChI is InChI=1S/C22H18F3N5O3S/c1-33-17-8-3-2-5-13(17)10-26-18(31)12-34-21-28-19-16(11-27-29-19)20(32)30(21)15-7-4-6-14(9-15)22(23,24)25/h2-9,11H,10,12H2,1H3,(H,26,31)(H,27,29). The van der Waals surface area contributed by atoms with Gasteiger partial charge in [-0.3, -0.25) is 19.3 Å². The van der Waals surface area contributed by atoms with E-state index in [1.165, 1.54) is 25.4 Å². The highest BCUT2D eigenvalue weighted by atomic mass is 32.2. The van der Waals surface area contributed by atoms with Crippen LogP contribution in [0.15, 0.2) is 64.7 Å². The van der Waals surface area contributed by atoms with Crippen LogP contribution in [0.5, 0.6) is 5.75 Å². The van der Waals surface area contributed by atoms with E-state index in [0.717, 1.165) is 34.0 Å². The molecular weight excluding hydrogens is 471 g/mol. The molecule has 0 saturated carbocycles. The summed E-state index contributed by atoms with van der Waals surface area (Å²) in [5.74, 6) is 0.144. The first kappa shape index (κ1) is 23.4. The summed E-state index contributed by atoms with van der Waals surface area (Å²) in [4.78, 5) is 29.8. The van der Waals surface area contributed by atoms with E-state index in [0.29, 0.717) is 5.75 Å². The number of hydrogen-bond acceptors (Lipinski definition) is 6. The molecule has 0 bridgehead atoms. The first-order valence-electron chi connectivity index (χ1n) is 9.93. The topological polar surface area (TPSA) is 102 Å². The number of aromatic nitrogens is 4. The van der Waals surface area contributed by atoms with Gasteiger partial charge in [-0.05, 0) is 24.3 Å². The zero-order valence-electron chi connectivity index (χ0n) is 17.7. The summed E-state index contributed by atoms with van der Waals surface area (Å²) in [6, 6.07) is 11.6. The normalized spacial score (nSPS) is 11.5. The summed E-state index contributed by atoms with van der Waals surface area (Å²) in [7, 11) is 1.53. The zero-order valence-corrected chi connectivity index (χ0v) is 18.5. The number of nitrogens with zero attached hydrogens (tertiary/aromatic N) is 3. The number of H-pyrrole nitrogens is 1. The van der Waals surface area contributed by atoms with Crippen molar-refractivity contribution in [3.05, 3.63) is 76.2 Å². The lowest BCUT2D eigenvalue weighted by Crippen LogP contribution is -2.26. The maximum atomic E-state index is 13.2. The minimum atomic E-state index is -4.58. The molecule has 0 atom stereocenters. The molecule has 4 rings (SSSR count). The first-order valence-corrected chi connectivity index (χ1v) is 10.9. The van der Waals surface area contributed by atoms with Crippen LogP contribution in [-0.4, -0.2) is 38.5 Å². The summed E-state index contributed by atoms with van der Waals surface area (Å²) < 4.78 is 46.0. The number of benzene rings is 2. The molecule has 2 aromatic carbocycles. The molecule has 0 radical (unpaired) electrons. The highest BCUT2D eigenvalue weighted by Gasteiger charge is 2.31. The van der Waals surface area contributed by atoms with Crippen LogP contribution in [0.2, 0.25) is 0 Å². The van der Waals surface area contributed by atoms with Crippen LogP contribution in [0.25, 0.3) is 16.7 Å². The van der Waals surface area contributed by atoms with Gasteiger partial charge in [0.1, 0.15) is 11.1 Å². The van der Waals surface area contributed by atoms with Gasteiger partial charge in [0.15, 0.2) is 10.8 Å². The predicted octanol–water partition coefficient (Wildman–Crippen LogP) is 3.54. The van der Waals surface area contributed by atoms with Gasteiger partial charge in [-0.15, -0.1) is 0 Å². The molecule has 0 saturated heterocycles. The number of para-hydroxylation sites is 1. The Morgan fingerprint density at radius 1 is 1.21 bits per heavy atom. The highest BCUT2D eigenvalue weighted by molar-refractivity contribution is 7.99. The molecular formula is C22H18F3N5O3S. The van der Waals surface area contributed by atoms with Crippen molar-refractivity contribution < 1.29 is 22.7 Å². The molecule has 2 N–H and O–H groups in total. The Bertz CT molecular complexity index is 1400. The fourth-order valence-corrected chi connectivity index (χ4v) is 4.08. The van der Waals surface area contributed by atoms with Gasteiger partial charge >= 0.3 is 6.18 Å². The van der Waals surface area contributed by atoms with Gasteiger partial charge < -0.3 is 10.1 Å². The quantitative estimate of drug-likeness (QED) is 0.304. The average Bonchev–Trinajstić information content (AvgIpc) is 3.30. The van der Waals surface area contributed by atoms with Crippen LogP contribution in [-0.2, 0) is 17.5 Å². The molecule has 2 aromatic heterocycles. The third-order valence-electron chi connectivity index (χ3n) is 4.88. The number of rotatable bonds is 7. The lowest BCUT2D eigenvalue weighted by atomic mass is 10.2. The molecule has 1 amide bonds. The van der Waals surface area contributed by atoms with Crippen molar-refractivity contribution in [2.45, 2.75) is 17.9 Å². The van der Waals surface area contributed by atoms with Gasteiger partial charge in [0.25, 0.3) is 5.56 Å². The number of carbonyl (C=O) groups is 1. The molecule has 176 valence electrons. The molecule has 0 aliphatic heterocycles. The number of fused-ring (bicyclic) bond motifs is 1. The monoisotopic (exact) mass is 489 g/mol. The van der Waals surface area contributed by atoms with E-state index in [-0.39, 0.29) is 40.1 Å². The number of thioether (sulfide) groups is 1. The van der Waals surface area contributed by atoms with Crippen molar-refractivity contribution in [2.24, 2.45) is 0 Å². The number of halogens is 3. The zero-order chi connectivity index (χ0) is 24.3. The Hall–Kier alpha value is -3.80. The van der Waals surface area contributed by atoms with Gasteiger partial charge in [0.2, 0.25) is 5.91 Å². The number of methoxy groups -OCH3 is 1. The lowest BCUT2D eigenvalue weighted by Gasteiger charge is -2.14. The molecule has 34 heavy (non-hydrogen) atoms. The van der Waals surface area contributed by atoms with Gasteiger partial charge in [-0.1, -0.05) is 36.0 Å². The number of carbonyl (C=O) groups excluding carboxylic acids is 1. The molecule has 0 aliphatic rings. The van der Waals surface area contributed by atoms with Crippen molar-refractivity contribution in [1.29, 1.82) is 0 Å². The smallest absolute Gasteiger partial charge is 0.416 e. The molecule has 0 aliphatic carbocycles. The summed E-state index contributed by atoms with van der Waals surface area (Å²) in [6.07, 6.45) is -3.33. The SMILES string of the molecule is COc1ccccc1CNC(=O)CSc1nc2[nH]ncc2c(=O)n1-c1cccc(C(F)(F)F)c1. The number of aromatic amines is 1. The van der Waals surface area contributed by atoms with Crippen molar-refractivity contribution in [3.63, 3.8) is 0 Å². The van der Waals surface area contributed by atoms with Crippen LogP contribution < -0.4 is 15.6 Å². The minimum absolute atomic E-state index is 0.0210. The van der Waals surface area contributed by atoms with E-state index in [2.05, 4.69) is 20.5 Å². The Morgan fingerprint density at radius 3 is 2.76 bits per heavy atom. The number of ether oxygens (including phenoxy) is 1.